The summed E-state index contributed by atoms with van der Waals surface area (Å²) in [4.78, 5) is 11.6. The Labute approximate surface area is 128 Å². The molecule has 0 saturated heterocycles. The van der Waals surface area contributed by atoms with Crippen molar-refractivity contribution in [2.24, 2.45) is 0 Å². The van der Waals surface area contributed by atoms with Crippen molar-refractivity contribution in [3.63, 3.8) is 0 Å². The Hall–Kier alpha value is -1.51. The predicted molar refractivity (Wildman–Crippen MR) is 82.0 cm³/mol. The van der Waals surface area contributed by atoms with Crippen LogP contribution >= 0.6 is 23.2 Å². The molecular weight excluding hydrogens is 295 g/mol. The van der Waals surface area contributed by atoms with Gasteiger partial charge in [-0.25, -0.2) is 0 Å². The van der Waals surface area contributed by atoms with Crippen molar-refractivity contribution in [1.29, 1.82) is 0 Å². The molecule has 0 amide bonds. The Morgan fingerprint density at radius 3 is 2.50 bits per heavy atom. The molecule has 0 aliphatic heterocycles. The van der Waals surface area contributed by atoms with Crippen molar-refractivity contribution < 1.29 is 9.53 Å². The van der Waals surface area contributed by atoms with Crippen LogP contribution in [0.4, 0.5) is 0 Å². The summed E-state index contributed by atoms with van der Waals surface area (Å²) in [6, 6.07) is 10.9. The number of aryl methyl sites for hydroxylation is 1. The first-order valence-electron chi connectivity index (χ1n) is 6.15. The fourth-order valence-electron chi connectivity index (χ4n) is 1.84. The first kappa shape index (κ1) is 14.9. The lowest BCUT2D eigenvalue weighted by molar-refractivity contribution is 0.101. The van der Waals surface area contributed by atoms with Crippen molar-refractivity contribution in [3.05, 3.63) is 63.1 Å². The van der Waals surface area contributed by atoms with Gasteiger partial charge in [0.1, 0.15) is 12.4 Å². The lowest BCUT2D eigenvalue weighted by atomic mass is 10.1. The lowest BCUT2D eigenvalue weighted by Crippen LogP contribution is -2.02. The van der Waals surface area contributed by atoms with E-state index < -0.39 is 0 Å². The Balaban J connectivity index is 2.18. The second-order valence-corrected chi connectivity index (χ2v) is 5.41. The SMILES string of the molecule is CC(=O)c1cc(C)ccc1OCc1ccc(Cl)c(Cl)c1. The summed E-state index contributed by atoms with van der Waals surface area (Å²) in [5, 5.41) is 0.999. The van der Waals surface area contributed by atoms with Crippen LogP contribution in [0.5, 0.6) is 5.75 Å². The molecule has 0 atom stereocenters. The van der Waals surface area contributed by atoms with Crippen LogP contribution in [-0.4, -0.2) is 5.78 Å². The Morgan fingerprint density at radius 1 is 1.10 bits per heavy atom. The zero-order chi connectivity index (χ0) is 14.7. The monoisotopic (exact) mass is 308 g/mol. The van der Waals surface area contributed by atoms with Crippen molar-refractivity contribution in [3.8, 4) is 5.75 Å². The van der Waals surface area contributed by atoms with Gasteiger partial charge in [0.25, 0.3) is 0 Å². The van der Waals surface area contributed by atoms with E-state index in [0.717, 1.165) is 11.1 Å². The number of carbonyl (C=O) groups excluding carboxylic acids is 1. The highest BCUT2D eigenvalue weighted by molar-refractivity contribution is 6.42. The van der Waals surface area contributed by atoms with Gasteiger partial charge in [0, 0.05) is 0 Å². The topological polar surface area (TPSA) is 26.3 Å². The summed E-state index contributed by atoms with van der Waals surface area (Å²) < 4.78 is 5.71. The van der Waals surface area contributed by atoms with Gasteiger partial charge in [0.2, 0.25) is 0 Å². The average molecular weight is 309 g/mol. The Kier molecular flexibility index (Phi) is 4.69. The van der Waals surface area contributed by atoms with Crippen LogP contribution in [-0.2, 0) is 6.61 Å². The molecule has 0 aliphatic carbocycles. The molecule has 2 aromatic carbocycles. The van der Waals surface area contributed by atoms with E-state index in [2.05, 4.69) is 0 Å². The summed E-state index contributed by atoms with van der Waals surface area (Å²) in [6.45, 7) is 3.80. The van der Waals surface area contributed by atoms with Crippen LogP contribution in [0.3, 0.4) is 0 Å². The van der Waals surface area contributed by atoms with Crippen LogP contribution < -0.4 is 4.74 Å². The normalized spacial score (nSPS) is 10.4. The van der Waals surface area contributed by atoms with Crippen molar-refractivity contribution in [1.82, 2.24) is 0 Å². The van der Waals surface area contributed by atoms with Crippen molar-refractivity contribution >= 4 is 29.0 Å². The third-order valence-electron chi connectivity index (χ3n) is 2.89. The van der Waals surface area contributed by atoms with E-state index in [1.54, 1.807) is 12.1 Å². The minimum absolute atomic E-state index is 0.0159. The quantitative estimate of drug-likeness (QED) is 0.736. The van der Waals surface area contributed by atoms with Gasteiger partial charge in [-0.3, -0.25) is 4.79 Å². The number of ketones is 1. The smallest absolute Gasteiger partial charge is 0.163 e. The fraction of sp³-hybridized carbons (Fsp3) is 0.188. The molecular formula is C16H14Cl2O2. The number of benzene rings is 2. The van der Waals surface area contributed by atoms with Crippen LogP contribution in [0.1, 0.15) is 28.4 Å². The average Bonchev–Trinajstić information content (AvgIpc) is 2.41. The Bertz CT molecular complexity index is 651. The van der Waals surface area contributed by atoms with Gasteiger partial charge in [-0.15, -0.1) is 0 Å². The second-order valence-electron chi connectivity index (χ2n) is 4.59. The first-order chi connectivity index (χ1) is 9.47. The molecule has 0 N–H and O–H groups in total. The van der Waals surface area contributed by atoms with E-state index in [1.165, 1.54) is 6.92 Å². The third-order valence-corrected chi connectivity index (χ3v) is 3.63. The largest absolute Gasteiger partial charge is 0.488 e. The summed E-state index contributed by atoms with van der Waals surface area (Å²) in [5.74, 6) is 0.562. The molecule has 2 nitrogen and oxygen atoms in total. The van der Waals surface area contributed by atoms with E-state index in [-0.39, 0.29) is 5.78 Å². The zero-order valence-corrected chi connectivity index (χ0v) is 12.8. The molecule has 0 fully saturated rings. The van der Waals surface area contributed by atoms with Gasteiger partial charge in [-0.2, -0.15) is 0 Å². The van der Waals surface area contributed by atoms with Crippen molar-refractivity contribution in [2.75, 3.05) is 0 Å². The molecule has 0 aromatic heterocycles. The number of rotatable bonds is 4. The van der Waals surface area contributed by atoms with Gasteiger partial charge in [0.15, 0.2) is 5.78 Å². The van der Waals surface area contributed by atoms with E-state index in [4.69, 9.17) is 27.9 Å². The number of hydrogen-bond acceptors (Lipinski definition) is 2. The molecule has 0 aliphatic rings. The molecule has 2 aromatic rings. The minimum Gasteiger partial charge on any atom is -0.488 e. The van der Waals surface area contributed by atoms with Gasteiger partial charge in [0.05, 0.1) is 15.6 Å². The highest BCUT2D eigenvalue weighted by Crippen LogP contribution is 2.25. The molecule has 0 unspecified atom stereocenters. The molecule has 0 saturated carbocycles. The lowest BCUT2D eigenvalue weighted by Gasteiger charge is -2.11. The molecule has 0 bridgehead atoms. The molecule has 0 spiro atoms. The third kappa shape index (κ3) is 3.53. The van der Waals surface area contributed by atoms with Gasteiger partial charge in [-0.05, 0) is 43.7 Å². The molecule has 20 heavy (non-hydrogen) atoms. The Morgan fingerprint density at radius 2 is 1.85 bits per heavy atom. The zero-order valence-electron chi connectivity index (χ0n) is 11.2. The summed E-state index contributed by atoms with van der Waals surface area (Å²) in [5.41, 5.74) is 2.51. The van der Waals surface area contributed by atoms with E-state index >= 15 is 0 Å². The summed E-state index contributed by atoms with van der Waals surface area (Å²) >= 11 is 11.8. The highest BCUT2D eigenvalue weighted by Gasteiger charge is 2.09. The van der Waals surface area contributed by atoms with Gasteiger partial charge in [-0.1, -0.05) is 40.9 Å². The maximum Gasteiger partial charge on any atom is 0.163 e. The molecule has 2 rings (SSSR count). The number of hydrogen-bond donors (Lipinski definition) is 0. The number of ether oxygens (including phenoxy) is 1. The highest BCUT2D eigenvalue weighted by atomic mass is 35.5. The first-order valence-corrected chi connectivity index (χ1v) is 6.91. The van der Waals surface area contributed by atoms with Gasteiger partial charge < -0.3 is 4.74 Å². The van der Waals surface area contributed by atoms with Crippen LogP contribution in [0.2, 0.25) is 10.0 Å². The van der Waals surface area contributed by atoms with Crippen molar-refractivity contribution in [2.45, 2.75) is 20.5 Å². The standard InChI is InChI=1S/C16H14Cl2O2/c1-10-3-6-16(13(7-10)11(2)19)20-9-12-4-5-14(17)15(18)8-12/h3-8H,9H2,1-2H3. The van der Waals surface area contributed by atoms with E-state index in [1.807, 2.05) is 31.2 Å². The summed E-state index contributed by atoms with van der Waals surface area (Å²) in [6.07, 6.45) is 0. The number of halogens is 2. The molecule has 0 heterocycles. The van der Waals surface area contributed by atoms with Crippen LogP contribution in [0.15, 0.2) is 36.4 Å². The summed E-state index contributed by atoms with van der Waals surface area (Å²) in [7, 11) is 0. The maximum absolute atomic E-state index is 11.6. The number of carbonyl (C=O) groups is 1. The molecule has 4 heteroatoms. The van der Waals surface area contributed by atoms with Gasteiger partial charge >= 0.3 is 0 Å². The number of Topliss-reactive ketones (excluding diaryl/α,β-unsaturated/α-hetero) is 1. The second kappa shape index (κ2) is 6.29. The molecule has 104 valence electrons. The maximum atomic E-state index is 11.6. The predicted octanol–water partition coefficient (Wildman–Crippen LogP) is 5.08. The van der Waals surface area contributed by atoms with Crippen LogP contribution in [0.25, 0.3) is 0 Å². The minimum atomic E-state index is -0.0159. The van der Waals surface area contributed by atoms with E-state index in [9.17, 15) is 4.79 Å². The fourth-order valence-corrected chi connectivity index (χ4v) is 2.16. The molecule has 0 radical (unpaired) electrons. The van der Waals surface area contributed by atoms with E-state index in [0.29, 0.717) is 28.0 Å². The van der Waals surface area contributed by atoms with Crippen LogP contribution in [0, 0.1) is 6.92 Å².